The second-order valence-corrected chi connectivity index (χ2v) is 15.4. The normalized spacial score (nSPS) is 13.0. The molecule has 1 aliphatic rings. The number of furan rings is 1. The third-order valence-electron chi connectivity index (χ3n) is 11.7. The molecule has 3 heteroatoms. The van der Waals surface area contributed by atoms with Crippen LogP contribution in [0.5, 0.6) is 0 Å². The van der Waals surface area contributed by atoms with E-state index in [0.29, 0.717) is 5.82 Å². The van der Waals surface area contributed by atoms with Gasteiger partial charge in [-0.1, -0.05) is 147 Å². The van der Waals surface area contributed by atoms with E-state index in [2.05, 4.69) is 178 Å². The Labute approximate surface area is 325 Å². The van der Waals surface area contributed by atoms with Crippen molar-refractivity contribution in [2.75, 3.05) is 0 Å². The van der Waals surface area contributed by atoms with Crippen LogP contribution in [0, 0.1) is 0 Å². The van der Waals surface area contributed by atoms with Gasteiger partial charge in [0.05, 0.1) is 11.4 Å². The highest BCUT2D eigenvalue weighted by molar-refractivity contribution is 6.12. The highest BCUT2D eigenvalue weighted by Crippen LogP contribution is 2.49. The molecule has 2 heterocycles. The fourth-order valence-corrected chi connectivity index (χ4v) is 8.80. The van der Waals surface area contributed by atoms with E-state index in [1.54, 1.807) is 0 Å². The molecule has 2 aromatic heterocycles. The smallest absolute Gasteiger partial charge is 0.160 e. The van der Waals surface area contributed by atoms with E-state index in [4.69, 9.17) is 14.4 Å². The van der Waals surface area contributed by atoms with Crippen molar-refractivity contribution in [1.29, 1.82) is 0 Å². The van der Waals surface area contributed by atoms with Gasteiger partial charge in [0.2, 0.25) is 0 Å². The second kappa shape index (κ2) is 12.5. The minimum absolute atomic E-state index is 0.124. The number of aromatic nitrogens is 2. The molecule has 0 spiro atoms. The summed E-state index contributed by atoms with van der Waals surface area (Å²) in [5, 5.41) is 4.64. The Balaban J connectivity index is 1.15. The summed E-state index contributed by atoms with van der Waals surface area (Å²) >= 11 is 0. The van der Waals surface area contributed by atoms with E-state index in [1.807, 2.05) is 18.2 Å². The molecule has 0 saturated heterocycles. The fraction of sp³-hybridized carbons (Fsp3) is 0.0566. The van der Waals surface area contributed by atoms with Crippen molar-refractivity contribution >= 4 is 32.7 Å². The van der Waals surface area contributed by atoms with Crippen LogP contribution in [-0.4, -0.2) is 9.97 Å². The van der Waals surface area contributed by atoms with Crippen molar-refractivity contribution in [2.24, 2.45) is 0 Å². The number of fused-ring (bicyclic) bond motifs is 7. The van der Waals surface area contributed by atoms with E-state index in [0.717, 1.165) is 72.3 Å². The van der Waals surface area contributed by atoms with Crippen LogP contribution in [0.1, 0.15) is 25.0 Å². The van der Waals surface area contributed by atoms with Crippen LogP contribution in [0.25, 0.3) is 100.0 Å². The van der Waals surface area contributed by atoms with Gasteiger partial charge < -0.3 is 4.42 Å². The highest BCUT2D eigenvalue weighted by Gasteiger charge is 2.35. The summed E-state index contributed by atoms with van der Waals surface area (Å²) in [6.45, 7) is 4.65. The maximum absolute atomic E-state index is 6.37. The summed E-state index contributed by atoms with van der Waals surface area (Å²) in [7, 11) is 0. The maximum Gasteiger partial charge on any atom is 0.160 e. The molecular weight excluding hydrogens is 681 g/mol. The Morgan fingerprint density at radius 2 is 1.05 bits per heavy atom. The number of benzene rings is 8. The van der Waals surface area contributed by atoms with Crippen LogP contribution in [0.4, 0.5) is 0 Å². The number of hydrogen-bond acceptors (Lipinski definition) is 3. The van der Waals surface area contributed by atoms with Crippen molar-refractivity contribution in [3.05, 3.63) is 193 Å². The first-order valence-electron chi connectivity index (χ1n) is 19.2. The number of hydrogen-bond donors (Lipinski definition) is 0. The lowest BCUT2D eigenvalue weighted by molar-refractivity contribution is 0.660. The lowest BCUT2D eigenvalue weighted by Gasteiger charge is -2.22. The lowest BCUT2D eigenvalue weighted by Crippen LogP contribution is -2.14. The number of para-hydroxylation sites is 1. The van der Waals surface area contributed by atoms with Gasteiger partial charge in [-0.15, -0.1) is 0 Å². The van der Waals surface area contributed by atoms with Crippen molar-refractivity contribution < 1.29 is 4.42 Å². The molecule has 0 unspecified atom stereocenters. The summed E-state index contributed by atoms with van der Waals surface area (Å²) < 4.78 is 6.37. The topological polar surface area (TPSA) is 38.9 Å². The minimum Gasteiger partial charge on any atom is -0.456 e. The number of nitrogens with zero attached hydrogens (tertiary/aromatic N) is 2. The van der Waals surface area contributed by atoms with Crippen LogP contribution in [0.15, 0.2) is 186 Å². The Bertz CT molecular complexity index is 3170. The molecule has 56 heavy (non-hydrogen) atoms. The van der Waals surface area contributed by atoms with E-state index >= 15 is 0 Å². The highest BCUT2D eigenvalue weighted by atomic mass is 16.3. The van der Waals surface area contributed by atoms with Gasteiger partial charge >= 0.3 is 0 Å². The second-order valence-electron chi connectivity index (χ2n) is 15.4. The molecule has 8 aromatic carbocycles. The zero-order valence-electron chi connectivity index (χ0n) is 31.1. The molecule has 3 nitrogen and oxygen atoms in total. The summed E-state index contributed by atoms with van der Waals surface area (Å²) in [6, 6.07) is 64.9. The quantitative estimate of drug-likeness (QED) is 0.178. The van der Waals surface area contributed by atoms with Crippen molar-refractivity contribution in [3.63, 3.8) is 0 Å². The molecule has 264 valence electrons. The van der Waals surface area contributed by atoms with Crippen LogP contribution >= 0.6 is 0 Å². The van der Waals surface area contributed by atoms with E-state index in [9.17, 15) is 0 Å². The summed E-state index contributed by atoms with van der Waals surface area (Å²) in [5.74, 6) is 0.696. The summed E-state index contributed by atoms with van der Waals surface area (Å²) in [4.78, 5) is 10.6. The van der Waals surface area contributed by atoms with Gasteiger partial charge in [-0.05, 0) is 104 Å². The molecule has 0 radical (unpaired) electrons. The Morgan fingerprint density at radius 3 is 1.95 bits per heavy atom. The third-order valence-corrected chi connectivity index (χ3v) is 11.7. The monoisotopic (exact) mass is 716 g/mol. The van der Waals surface area contributed by atoms with E-state index < -0.39 is 0 Å². The van der Waals surface area contributed by atoms with Crippen molar-refractivity contribution in [1.82, 2.24) is 9.97 Å². The zero-order valence-corrected chi connectivity index (χ0v) is 31.1. The molecule has 0 bridgehead atoms. The van der Waals surface area contributed by atoms with Gasteiger partial charge in [-0.25, -0.2) is 9.97 Å². The van der Waals surface area contributed by atoms with Gasteiger partial charge in [0.25, 0.3) is 0 Å². The molecule has 0 saturated carbocycles. The van der Waals surface area contributed by atoms with Crippen molar-refractivity contribution in [2.45, 2.75) is 19.3 Å². The van der Waals surface area contributed by atoms with Gasteiger partial charge in [0.15, 0.2) is 5.82 Å². The molecule has 0 N–H and O–H groups in total. The maximum atomic E-state index is 6.37. The fourth-order valence-electron chi connectivity index (χ4n) is 8.80. The molecule has 0 aliphatic heterocycles. The van der Waals surface area contributed by atoms with Gasteiger partial charge in [-0.2, -0.15) is 0 Å². The summed E-state index contributed by atoms with van der Waals surface area (Å²) in [6.07, 6.45) is 0. The minimum atomic E-state index is -0.124. The average molecular weight is 717 g/mol. The van der Waals surface area contributed by atoms with E-state index in [1.165, 1.54) is 33.0 Å². The molecular formula is C53H36N2O. The Morgan fingerprint density at radius 1 is 0.393 bits per heavy atom. The summed E-state index contributed by atoms with van der Waals surface area (Å²) in [5.41, 5.74) is 16.2. The average Bonchev–Trinajstić information content (AvgIpc) is 3.75. The zero-order chi connectivity index (χ0) is 37.4. The first kappa shape index (κ1) is 32.3. The molecule has 0 fully saturated rings. The molecule has 1 aliphatic carbocycles. The number of rotatable bonds is 5. The Hall–Kier alpha value is -7.10. The first-order chi connectivity index (χ1) is 27.5. The first-order valence-corrected chi connectivity index (χ1v) is 19.2. The molecule has 10 aromatic rings. The SMILES string of the molecule is CC1(C)c2ccccc2-c2ccc(-c3cc(-c4cc(-c5ccc6ccccc6c5)cc(-c5cccc6oc7ccccc7c56)c4)nc(-c4ccccc4)n3)cc21. The van der Waals surface area contributed by atoms with Gasteiger partial charge in [-0.3, -0.25) is 0 Å². The third kappa shape index (κ3) is 5.20. The van der Waals surface area contributed by atoms with Crippen LogP contribution < -0.4 is 0 Å². The standard InChI is InChI=1S/C53H36N2O/c1-53(2)45-20-10-8-17-42(45)43-26-25-37(31-46(43)53)47-32-48(55-52(54-47)34-14-4-3-5-15-34)40-29-38(36-24-23-33-13-6-7-16-35(33)27-36)28-39(30-40)41-19-12-22-50-51(41)44-18-9-11-21-49(44)56-50/h3-32H,1-2H3. The lowest BCUT2D eigenvalue weighted by atomic mass is 9.82. The van der Waals surface area contributed by atoms with Gasteiger partial charge in [0, 0.05) is 32.9 Å². The van der Waals surface area contributed by atoms with Crippen LogP contribution in [0.2, 0.25) is 0 Å². The van der Waals surface area contributed by atoms with Crippen molar-refractivity contribution in [3.8, 4) is 67.3 Å². The molecule has 11 rings (SSSR count). The van der Waals surface area contributed by atoms with Gasteiger partial charge in [0.1, 0.15) is 11.2 Å². The largest absolute Gasteiger partial charge is 0.456 e. The predicted octanol–water partition coefficient (Wildman–Crippen LogP) is 14.2. The van der Waals surface area contributed by atoms with Crippen LogP contribution in [0.3, 0.4) is 0 Å². The predicted molar refractivity (Wildman–Crippen MR) is 232 cm³/mol. The molecule has 0 amide bonds. The Kier molecular flexibility index (Phi) is 7.20. The van der Waals surface area contributed by atoms with Crippen LogP contribution in [-0.2, 0) is 5.41 Å². The molecule has 0 atom stereocenters. The van der Waals surface area contributed by atoms with E-state index in [-0.39, 0.29) is 5.41 Å².